The average Bonchev–Trinajstić information content (AvgIpc) is 2.35. The van der Waals surface area contributed by atoms with E-state index in [1.54, 1.807) is 20.8 Å². The molecular weight excluding hydrogens is 258 g/mol. The van der Waals surface area contributed by atoms with E-state index in [2.05, 4.69) is 0 Å². The summed E-state index contributed by atoms with van der Waals surface area (Å²) < 4.78 is 5.40. The van der Waals surface area contributed by atoms with Gasteiger partial charge in [-0.3, -0.25) is 0 Å². The second kappa shape index (κ2) is 8.09. The van der Waals surface area contributed by atoms with Gasteiger partial charge in [-0.15, -0.1) is 0 Å². The van der Waals surface area contributed by atoms with Crippen molar-refractivity contribution in [2.24, 2.45) is 0 Å². The van der Waals surface area contributed by atoms with E-state index in [9.17, 15) is 10.2 Å². The van der Waals surface area contributed by atoms with Crippen molar-refractivity contribution in [3.8, 4) is 5.75 Å². The molecule has 0 aliphatic heterocycles. The number of rotatable bonds is 8. The van der Waals surface area contributed by atoms with Gasteiger partial charge in [0.15, 0.2) is 0 Å². The van der Waals surface area contributed by atoms with E-state index >= 15 is 0 Å². The van der Waals surface area contributed by atoms with Gasteiger partial charge in [0, 0.05) is 18.8 Å². The van der Waals surface area contributed by atoms with Crippen molar-refractivity contribution in [1.29, 1.82) is 0 Å². The van der Waals surface area contributed by atoms with Crippen molar-refractivity contribution in [1.82, 2.24) is 0 Å². The van der Waals surface area contributed by atoms with Gasteiger partial charge in [-0.25, -0.2) is 0 Å². The highest BCUT2D eigenvalue weighted by atomic mass is 16.5. The van der Waals surface area contributed by atoms with E-state index in [0.717, 1.165) is 5.69 Å². The van der Waals surface area contributed by atoms with E-state index in [1.165, 1.54) is 0 Å². The molecule has 0 aliphatic carbocycles. The van der Waals surface area contributed by atoms with Crippen LogP contribution in [0.25, 0.3) is 0 Å². The molecule has 0 amide bonds. The maximum absolute atomic E-state index is 9.52. The molecule has 0 saturated carbocycles. The summed E-state index contributed by atoms with van der Waals surface area (Å²) in [4.78, 5) is 1.92. The molecule has 0 bridgehead atoms. The molecule has 3 unspecified atom stereocenters. The first kappa shape index (κ1) is 16.8. The zero-order valence-electron chi connectivity index (χ0n) is 12.4. The topological polar surface area (TPSA) is 73.2 Å². The van der Waals surface area contributed by atoms with Crippen LogP contribution in [0, 0.1) is 0 Å². The van der Waals surface area contributed by atoms with Crippen molar-refractivity contribution in [3.63, 3.8) is 0 Å². The average molecular weight is 283 g/mol. The summed E-state index contributed by atoms with van der Waals surface area (Å²) in [5.74, 6) is 0.684. The summed E-state index contributed by atoms with van der Waals surface area (Å²) in [6, 6.07) is 7.38. The van der Waals surface area contributed by atoms with Crippen LogP contribution in [0.15, 0.2) is 24.3 Å². The molecule has 0 aliphatic rings. The number of hydrogen-bond acceptors (Lipinski definition) is 5. The molecule has 1 aromatic carbocycles. The Morgan fingerprint density at radius 2 is 1.40 bits per heavy atom. The Hall–Kier alpha value is -1.30. The number of anilines is 1. The summed E-state index contributed by atoms with van der Waals surface area (Å²) in [6.07, 6.45) is -1.45. The first-order valence-electron chi connectivity index (χ1n) is 6.90. The molecule has 114 valence electrons. The molecule has 5 nitrogen and oxygen atoms in total. The van der Waals surface area contributed by atoms with Gasteiger partial charge in [-0.05, 0) is 45.0 Å². The summed E-state index contributed by atoms with van der Waals surface area (Å²) >= 11 is 0. The van der Waals surface area contributed by atoms with Crippen molar-refractivity contribution < 1.29 is 20.1 Å². The monoisotopic (exact) mass is 283 g/mol. The number of ether oxygens (including phenoxy) is 1. The quantitative estimate of drug-likeness (QED) is 0.664. The molecule has 3 atom stereocenters. The molecule has 5 heteroatoms. The molecular formula is C15H25NO4. The minimum absolute atomic E-state index is 0.254. The van der Waals surface area contributed by atoms with Crippen LogP contribution in [0.2, 0.25) is 0 Å². The molecule has 1 rings (SSSR count). The normalized spacial score (nSPS) is 15.5. The SMILES string of the molecule is CC(O)COc1ccc(N(CC(C)O)CC(C)O)cc1. The predicted octanol–water partition coefficient (Wildman–Crippen LogP) is 1.01. The number of aliphatic hydroxyl groups excluding tert-OH is 3. The van der Waals surface area contributed by atoms with Crippen LogP contribution in [0.1, 0.15) is 20.8 Å². The minimum Gasteiger partial charge on any atom is -0.491 e. The minimum atomic E-state index is -0.503. The molecule has 0 fully saturated rings. The zero-order valence-corrected chi connectivity index (χ0v) is 12.4. The van der Waals surface area contributed by atoms with Gasteiger partial charge in [0.2, 0.25) is 0 Å². The molecule has 0 radical (unpaired) electrons. The number of nitrogens with zero attached hydrogens (tertiary/aromatic N) is 1. The molecule has 0 spiro atoms. The van der Waals surface area contributed by atoms with Crippen molar-refractivity contribution in [2.75, 3.05) is 24.6 Å². The van der Waals surface area contributed by atoms with Gasteiger partial charge in [0.1, 0.15) is 12.4 Å². The molecule has 0 aromatic heterocycles. The van der Waals surface area contributed by atoms with Gasteiger partial charge in [0.25, 0.3) is 0 Å². The Morgan fingerprint density at radius 1 is 0.900 bits per heavy atom. The van der Waals surface area contributed by atoms with Gasteiger partial charge in [-0.1, -0.05) is 0 Å². The third-order valence-corrected chi connectivity index (χ3v) is 2.66. The second-order valence-electron chi connectivity index (χ2n) is 5.26. The highest BCUT2D eigenvalue weighted by Crippen LogP contribution is 2.20. The van der Waals surface area contributed by atoms with E-state index in [1.807, 2.05) is 29.2 Å². The first-order chi connectivity index (χ1) is 9.38. The van der Waals surface area contributed by atoms with Crippen LogP contribution < -0.4 is 9.64 Å². The third-order valence-electron chi connectivity index (χ3n) is 2.66. The molecule has 3 N–H and O–H groups in total. The lowest BCUT2D eigenvalue weighted by molar-refractivity contribution is 0.122. The standard InChI is InChI=1S/C15H25NO4/c1-11(17)8-16(9-12(2)18)14-4-6-15(7-5-14)20-10-13(3)19/h4-7,11-13,17-19H,8-10H2,1-3H3. The molecule has 0 heterocycles. The fourth-order valence-electron chi connectivity index (χ4n) is 1.89. The fourth-order valence-corrected chi connectivity index (χ4v) is 1.89. The molecule has 20 heavy (non-hydrogen) atoms. The van der Waals surface area contributed by atoms with Crippen LogP contribution in [0.5, 0.6) is 5.75 Å². The molecule has 1 aromatic rings. The summed E-state index contributed by atoms with van der Waals surface area (Å²) in [7, 11) is 0. The van der Waals surface area contributed by atoms with E-state index in [-0.39, 0.29) is 6.61 Å². The summed E-state index contributed by atoms with van der Waals surface area (Å²) in [5, 5.41) is 28.2. The number of hydrogen-bond donors (Lipinski definition) is 3. The highest BCUT2D eigenvalue weighted by molar-refractivity contribution is 5.49. The van der Waals surface area contributed by atoms with Crippen LogP contribution in [0.3, 0.4) is 0 Å². The smallest absolute Gasteiger partial charge is 0.119 e. The Balaban J connectivity index is 2.71. The van der Waals surface area contributed by atoms with Crippen LogP contribution in [-0.2, 0) is 0 Å². The van der Waals surface area contributed by atoms with E-state index in [4.69, 9.17) is 9.84 Å². The predicted molar refractivity (Wildman–Crippen MR) is 79.2 cm³/mol. The second-order valence-corrected chi connectivity index (χ2v) is 5.26. The van der Waals surface area contributed by atoms with Gasteiger partial charge in [-0.2, -0.15) is 0 Å². The number of aliphatic hydroxyl groups is 3. The lowest BCUT2D eigenvalue weighted by atomic mass is 10.2. The Morgan fingerprint density at radius 3 is 1.80 bits per heavy atom. The zero-order chi connectivity index (χ0) is 15.1. The summed E-state index contributed by atoms with van der Waals surface area (Å²) in [6.45, 7) is 6.27. The maximum atomic E-state index is 9.52. The van der Waals surface area contributed by atoms with Crippen LogP contribution >= 0.6 is 0 Å². The molecule has 0 saturated heterocycles. The Labute approximate surface area is 120 Å². The van der Waals surface area contributed by atoms with E-state index < -0.39 is 18.3 Å². The van der Waals surface area contributed by atoms with E-state index in [0.29, 0.717) is 18.8 Å². The Bertz CT molecular complexity index is 366. The van der Waals surface area contributed by atoms with Crippen molar-refractivity contribution in [2.45, 2.75) is 39.1 Å². The van der Waals surface area contributed by atoms with Gasteiger partial charge >= 0.3 is 0 Å². The van der Waals surface area contributed by atoms with Gasteiger partial charge in [0.05, 0.1) is 18.3 Å². The lowest BCUT2D eigenvalue weighted by Gasteiger charge is -2.27. The van der Waals surface area contributed by atoms with Gasteiger partial charge < -0.3 is 25.0 Å². The number of benzene rings is 1. The fraction of sp³-hybridized carbons (Fsp3) is 0.600. The first-order valence-corrected chi connectivity index (χ1v) is 6.90. The Kier molecular flexibility index (Phi) is 6.78. The lowest BCUT2D eigenvalue weighted by Crippen LogP contribution is -2.36. The maximum Gasteiger partial charge on any atom is 0.119 e. The largest absolute Gasteiger partial charge is 0.491 e. The third kappa shape index (κ3) is 6.23. The highest BCUT2D eigenvalue weighted by Gasteiger charge is 2.12. The van der Waals surface area contributed by atoms with Crippen molar-refractivity contribution >= 4 is 5.69 Å². The van der Waals surface area contributed by atoms with Crippen LogP contribution in [0.4, 0.5) is 5.69 Å². The summed E-state index contributed by atoms with van der Waals surface area (Å²) in [5.41, 5.74) is 0.913. The van der Waals surface area contributed by atoms with Crippen molar-refractivity contribution in [3.05, 3.63) is 24.3 Å². The van der Waals surface area contributed by atoms with Crippen LogP contribution in [-0.4, -0.2) is 53.3 Å².